The highest BCUT2D eigenvalue weighted by molar-refractivity contribution is 9.10. The van der Waals surface area contributed by atoms with Gasteiger partial charge in [0.2, 0.25) is 0 Å². The Kier molecular flexibility index (Phi) is 4.97. The fraction of sp³-hybridized carbons (Fsp3) is 0.538. The lowest BCUT2D eigenvalue weighted by Gasteiger charge is -2.29. The molecule has 0 aliphatic heterocycles. The van der Waals surface area contributed by atoms with E-state index < -0.39 is 0 Å². The molecular weight excluding hydrogens is 294 g/mol. The molecular formula is C13H18BrN3O. The fourth-order valence-corrected chi connectivity index (χ4v) is 1.91. The van der Waals surface area contributed by atoms with Gasteiger partial charge in [0.25, 0.3) is 5.56 Å². The Morgan fingerprint density at radius 1 is 1.56 bits per heavy atom. The highest BCUT2D eigenvalue weighted by Gasteiger charge is 2.21. The first-order valence-corrected chi connectivity index (χ1v) is 6.74. The van der Waals surface area contributed by atoms with Crippen LogP contribution in [0.3, 0.4) is 0 Å². The van der Waals surface area contributed by atoms with E-state index in [1.165, 1.54) is 4.68 Å². The number of nitrogens with one attached hydrogen (secondary N) is 1. The van der Waals surface area contributed by atoms with Crippen LogP contribution in [0.15, 0.2) is 15.5 Å². The Labute approximate surface area is 116 Å². The molecule has 0 aromatic carbocycles. The lowest BCUT2D eigenvalue weighted by atomic mass is 9.95. The topological polar surface area (TPSA) is 46.9 Å². The van der Waals surface area contributed by atoms with E-state index in [0.717, 1.165) is 12.8 Å². The second-order valence-electron chi connectivity index (χ2n) is 4.43. The molecule has 1 aromatic heterocycles. The first-order chi connectivity index (χ1) is 8.47. The van der Waals surface area contributed by atoms with Gasteiger partial charge in [-0.3, -0.25) is 4.79 Å². The van der Waals surface area contributed by atoms with Gasteiger partial charge in [-0.05, 0) is 35.7 Å². The van der Waals surface area contributed by atoms with Gasteiger partial charge in [0.1, 0.15) is 11.0 Å². The molecule has 0 saturated heterocycles. The first-order valence-electron chi connectivity index (χ1n) is 5.94. The van der Waals surface area contributed by atoms with Crippen LogP contribution in [0, 0.1) is 12.3 Å². The Morgan fingerprint density at radius 2 is 2.17 bits per heavy atom. The lowest BCUT2D eigenvalue weighted by Crippen LogP contribution is -2.34. The van der Waals surface area contributed by atoms with E-state index in [4.69, 9.17) is 6.42 Å². The van der Waals surface area contributed by atoms with Crippen molar-refractivity contribution in [1.29, 1.82) is 0 Å². The van der Waals surface area contributed by atoms with Crippen LogP contribution < -0.4 is 10.9 Å². The van der Waals surface area contributed by atoms with Crippen molar-refractivity contribution < 1.29 is 0 Å². The Morgan fingerprint density at radius 3 is 2.67 bits per heavy atom. The van der Waals surface area contributed by atoms with Crippen molar-refractivity contribution in [3.8, 4) is 12.3 Å². The van der Waals surface area contributed by atoms with Crippen LogP contribution in [0.5, 0.6) is 0 Å². The SMILES string of the molecule is C#CCn1ncc(NC(C)(CC)CC)c(Br)c1=O. The normalized spacial score (nSPS) is 11.1. The van der Waals surface area contributed by atoms with Gasteiger partial charge in [-0.2, -0.15) is 5.10 Å². The molecule has 0 unspecified atom stereocenters. The molecule has 0 fully saturated rings. The molecule has 0 saturated carbocycles. The molecule has 0 atom stereocenters. The second kappa shape index (κ2) is 6.05. The summed E-state index contributed by atoms with van der Waals surface area (Å²) in [6, 6.07) is 0. The summed E-state index contributed by atoms with van der Waals surface area (Å²) >= 11 is 3.31. The summed E-state index contributed by atoms with van der Waals surface area (Å²) in [5.74, 6) is 2.40. The largest absolute Gasteiger partial charge is 0.378 e. The Hall–Kier alpha value is -1.28. The van der Waals surface area contributed by atoms with E-state index >= 15 is 0 Å². The molecule has 0 spiro atoms. The minimum Gasteiger partial charge on any atom is -0.378 e. The predicted octanol–water partition coefficient (Wildman–Crippen LogP) is 2.63. The zero-order valence-electron chi connectivity index (χ0n) is 11.0. The van der Waals surface area contributed by atoms with Crippen LogP contribution in [-0.4, -0.2) is 15.3 Å². The standard InChI is InChI=1S/C13H18BrN3O/c1-5-8-17-12(18)11(14)10(9-15-17)16-13(4,6-2)7-3/h1,9,16H,6-8H2,2-4H3. The van der Waals surface area contributed by atoms with Gasteiger partial charge in [0.15, 0.2) is 0 Å². The van der Waals surface area contributed by atoms with Crippen molar-refractivity contribution in [3.63, 3.8) is 0 Å². The fourth-order valence-electron chi connectivity index (χ4n) is 1.50. The third-order valence-electron chi connectivity index (χ3n) is 3.22. The molecule has 0 aliphatic rings. The maximum Gasteiger partial charge on any atom is 0.284 e. The summed E-state index contributed by atoms with van der Waals surface area (Å²) in [4.78, 5) is 12.0. The molecule has 0 bridgehead atoms. The first kappa shape index (κ1) is 14.8. The van der Waals surface area contributed by atoms with Crippen LogP contribution in [0.1, 0.15) is 33.6 Å². The molecule has 1 heterocycles. The molecule has 0 radical (unpaired) electrons. The van der Waals surface area contributed by atoms with Gasteiger partial charge in [-0.15, -0.1) is 6.42 Å². The number of hydrogen-bond donors (Lipinski definition) is 1. The molecule has 18 heavy (non-hydrogen) atoms. The highest BCUT2D eigenvalue weighted by atomic mass is 79.9. The van der Waals surface area contributed by atoms with Gasteiger partial charge < -0.3 is 5.32 Å². The average molecular weight is 312 g/mol. The molecule has 98 valence electrons. The Balaban J connectivity index is 3.11. The molecule has 0 aliphatic carbocycles. The van der Waals surface area contributed by atoms with Crippen molar-refractivity contribution in [1.82, 2.24) is 9.78 Å². The summed E-state index contributed by atoms with van der Waals surface area (Å²) in [6.07, 6.45) is 8.74. The summed E-state index contributed by atoms with van der Waals surface area (Å²) in [5.41, 5.74) is 0.446. The molecule has 1 rings (SSSR count). The quantitative estimate of drug-likeness (QED) is 0.850. The third-order valence-corrected chi connectivity index (χ3v) is 3.99. The zero-order chi connectivity index (χ0) is 13.8. The third kappa shape index (κ3) is 3.14. The Bertz CT molecular complexity index is 512. The molecule has 5 heteroatoms. The van der Waals surface area contributed by atoms with E-state index in [9.17, 15) is 4.79 Å². The van der Waals surface area contributed by atoms with E-state index in [2.05, 4.69) is 53.0 Å². The smallest absolute Gasteiger partial charge is 0.284 e. The van der Waals surface area contributed by atoms with Crippen molar-refractivity contribution in [3.05, 3.63) is 21.0 Å². The lowest BCUT2D eigenvalue weighted by molar-refractivity contribution is 0.477. The minimum absolute atomic E-state index is 0.0467. The number of rotatable bonds is 5. The van der Waals surface area contributed by atoms with Gasteiger partial charge in [0.05, 0.1) is 11.9 Å². The molecule has 4 nitrogen and oxygen atoms in total. The number of aromatic nitrogens is 2. The summed E-state index contributed by atoms with van der Waals surface area (Å²) in [6.45, 7) is 6.51. The number of nitrogens with zero attached hydrogens (tertiary/aromatic N) is 2. The monoisotopic (exact) mass is 311 g/mol. The van der Waals surface area contributed by atoms with Crippen LogP contribution >= 0.6 is 15.9 Å². The zero-order valence-corrected chi connectivity index (χ0v) is 12.5. The summed E-state index contributed by atoms with van der Waals surface area (Å²) in [7, 11) is 0. The van der Waals surface area contributed by atoms with E-state index in [0.29, 0.717) is 10.2 Å². The maximum atomic E-state index is 12.0. The number of halogens is 1. The number of anilines is 1. The summed E-state index contributed by atoms with van der Waals surface area (Å²) in [5, 5.41) is 7.41. The molecule has 1 aromatic rings. The highest BCUT2D eigenvalue weighted by Crippen LogP contribution is 2.24. The van der Waals surface area contributed by atoms with Gasteiger partial charge in [0, 0.05) is 5.54 Å². The summed E-state index contributed by atoms with van der Waals surface area (Å²) < 4.78 is 1.73. The van der Waals surface area contributed by atoms with Gasteiger partial charge >= 0.3 is 0 Å². The minimum atomic E-state index is -0.215. The van der Waals surface area contributed by atoms with Crippen molar-refractivity contribution >= 4 is 21.6 Å². The van der Waals surface area contributed by atoms with Gasteiger partial charge in [-0.25, -0.2) is 4.68 Å². The number of terminal acetylenes is 1. The van der Waals surface area contributed by atoms with E-state index in [1.54, 1.807) is 6.20 Å². The van der Waals surface area contributed by atoms with Crippen LogP contribution in [0.4, 0.5) is 5.69 Å². The van der Waals surface area contributed by atoms with Crippen molar-refractivity contribution in [2.75, 3.05) is 5.32 Å². The van der Waals surface area contributed by atoms with Crippen LogP contribution in [-0.2, 0) is 6.54 Å². The van der Waals surface area contributed by atoms with Crippen molar-refractivity contribution in [2.24, 2.45) is 0 Å². The van der Waals surface area contributed by atoms with Crippen molar-refractivity contribution in [2.45, 2.75) is 45.7 Å². The van der Waals surface area contributed by atoms with Crippen LogP contribution in [0.2, 0.25) is 0 Å². The van der Waals surface area contributed by atoms with Gasteiger partial charge in [-0.1, -0.05) is 19.8 Å². The maximum absolute atomic E-state index is 12.0. The average Bonchev–Trinajstić information content (AvgIpc) is 2.38. The van der Waals surface area contributed by atoms with E-state index in [-0.39, 0.29) is 17.6 Å². The van der Waals surface area contributed by atoms with Crippen LogP contribution in [0.25, 0.3) is 0 Å². The predicted molar refractivity (Wildman–Crippen MR) is 77.6 cm³/mol. The van der Waals surface area contributed by atoms with E-state index in [1.807, 2.05) is 0 Å². The molecule has 0 amide bonds. The molecule has 1 N–H and O–H groups in total. The second-order valence-corrected chi connectivity index (χ2v) is 5.22. The number of hydrogen-bond acceptors (Lipinski definition) is 3.